The van der Waals surface area contributed by atoms with Crippen LogP contribution in [-0.4, -0.2) is 33.8 Å². The Balaban J connectivity index is 2.10. The van der Waals surface area contributed by atoms with Crippen LogP contribution in [-0.2, 0) is 14.3 Å². The van der Waals surface area contributed by atoms with Crippen LogP contribution in [0.15, 0.2) is 40.3 Å². The molecule has 13 heteroatoms. The van der Waals surface area contributed by atoms with Gasteiger partial charge in [0.25, 0.3) is 0 Å². The first-order valence-corrected chi connectivity index (χ1v) is 10.7. The van der Waals surface area contributed by atoms with Crippen molar-refractivity contribution in [2.75, 3.05) is 17.3 Å². The number of ether oxygens (including phenoxy) is 1. The van der Waals surface area contributed by atoms with Gasteiger partial charge in [-0.25, -0.2) is 32.4 Å². The maximum atomic E-state index is 15.2. The number of nitrogens with one attached hydrogen (secondary N) is 2. The molecule has 1 atom stereocenters. The number of benzene rings is 2. The van der Waals surface area contributed by atoms with Crippen LogP contribution < -0.4 is 15.9 Å². The lowest BCUT2D eigenvalue weighted by atomic mass is 9.92. The largest absolute Gasteiger partial charge is 0.466 e. The van der Waals surface area contributed by atoms with E-state index < -0.39 is 52.3 Å². The first-order valence-electron chi connectivity index (χ1n) is 10.7. The van der Waals surface area contributed by atoms with Crippen molar-refractivity contribution < 1.29 is 27.5 Å². The lowest BCUT2D eigenvalue weighted by molar-refractivity contribution is -0.136. The van der Waals surface area contributed by atoms with Gasteiger partial charge in [-0.05, 0) is 26.0 Å². The number of nitrogens with zero attached hydrogens (tertiary/aromatic N) is 4. The van der Waals surface area contributed by atoms with E-state index in [4.69, 9.17) is 4.74 Å². The lowest BCUT2D eigenvalue weighted by Crippen LogP contribution is -2.38. The zero-order valence-corrected chi connectivity index (χ0v) is 19.9. The molecular formula is C24H19F3N6O4. The number of methoxy groups -OCH3 is 1. The standard InChI is InChI=1S/C24H19F3N6O4/c1-10-19(26)15(25)8-17(20(10)27)32-11(2)18(22(35)37-4)21(33-23(32)30-31-24(33)36)14-6-5-13(9-28)7-16(14)29-12(3)34/h5-8,21H,1-4H3,(H,29,34)(H,31,36). The molecule has 2 aromatic carbocycles. The van der Waals surface area contributed by atoms with Gasteiger partial charge in [0.05, 0.1) is 30.0 Å². The van der Waals surface area contributed by atoms with Crippen LogP contribution in [0.25, 0.3) is 0 Å². The molecule has 190 valence electrons. The van der Waals surface area contributed by atoms with Gasteiger partial charge in [0, 0.05) is 35.5 Å². The molecule has 0 saturated carbocycles. The second kappa shape index (κ2) is 9.30. The summed E-state index contributed by atoms with van der Waals surface area (Å²) in [6.45, 7) is 3.66. The van der Waals surface area contributed by atoms with Crippen molar-refractivity contribution in [3.05, 3.63) is 80.2 Å². The molecule has 0 fully saturated rings. The molecule has 4 rings (SSSR count). The third-order valence-electron chi connectivity index (χ3n) is 5.93. The van der Waals surface area contributed by atoms with Crippen LogP contribution in [0.2, 0.25) is 0 Å². The van der Waals surface area contributed by atoms with E-state index in [1.807, 2.05) is 6.07 Å². The molecule has 37 heavy (non-hydrogen) atoms. The number of carbonyl (C=O) groups is 2. The average Bonchev–Trinajstić information content (AvgIpc) is 3.24. The Morgan fingerprint density at radius 3 is 2.51 bits per heavy atom. The number of fused-ring (bicyclic) bond motifs is 1. The van der Waals surface area contributed by atoms with Gasteiger partial charge in [0.2, 0.25) is 11.9 Å². The summed E-state index contributed by atoms with van der Waals surface area (Å²) >= 11 is 0. The molecule has 2 heterocycles. The predicted octanol–water partition coefficient (Wildman–Crippen LogP) is 3.32. The Labute approximate surface area is 207 Å². The Bertz CT molecular complexity index is 1600. The molecule has 1 unspecified atom stereocenters. The smallest absolute Gasteiger partial charge is 0.345 e. The van der Waals surface area contributed by atoms with Crippen LogP contribution >= 0.6 is 0 Å². The molecule has 0 radical (unpaired) electrons. The monoisotopic (exact) mass is 512 g/mol. The minimum atomic E-state index is -1.39. The summed E-state index contributed by atoms with van der Waals surface area (Å²) in [6.07, 6.45) is 0. The van der Waals surface area contributed by atoms with Crippen molar-refractivity contribution >= 4 is 29.2 Å². The number of nitriles is 1. The van der Waals surface area contributed by atoms with E-state index in [-0.39, 0.29) is 34.0 Å². The van der Waals surface area contributed by atoms with E-state index in [2.05, 4.69) is 15.5 Å². The number of H-pyrrole nitrogens is 1. The third-order valence-corrected chi connectivity index (χ3v) is 5.93. The molecule has 2 N–H and O–H groups in total. The number of amides is 1. The topological polar surface area (TPSA) is 133 Å². The maximum Gasteiger partial charge on any atom is 0.345 e. The fourth-order valence-corrected chi connectivity index (χ4v) is 4.28. The number of esters is 1. The molecule has 1 aliphatic rings. The van der Waals surface area contributed by atoms with Crippen LogP contribution in [0.4, 0.5) is 30.5 Å². The summed E-state index contributed by atoms with van der Waals surface area (Å²) < 4.78 is 49.6. The molecule has 1 amide bonds. The molecule has 3 aromatic rings. The second-order valence-electron chi connectivity index (χ2n) is 8.15. The van der Waals surface area contributed by atoms with Crippen molar-refractivity contribution in [2.24, 2.45) is 0 Å². The highest BCUT2D eigenvalue weighted by molar-refractivity contribution is 5.95. The summed E-state index contributed by atoms with van der Waals surface area (Å²) in [5, 5.41) is 18.1. The number of hydrogen-bond acceptors (Lipinski definition) is 7. The van der Waals surface area contributed by atoms with Crippen molar-refractivity contribution in [3.8, 4) is 6.07 Å². The molecule has 0 saturated heterocycles. The highest BCUT2D eigenvalue weighted by Gasteiger charge is 2.41. The Morgan fingerprint density at radius 1 is 1.19 bits per heavy atom. The molecule has 1 aromatic heterocycles. The predicted molar refractivity (Wildman–Crippen MR) is 124 cm³/mol. The number of hydrogen-bond donors (Lipinski definition) is 2. The van der Waals surface area contributed by atoms with Crippen LogP contribution in [0.3, 0.4) is 0 Å². The second-order valence-corrected chi connectivity index (χ2v) is 8.15. The quantitative estimate of drug-likeness (QED) is 0.405. The summed E-state index contributed by atoms with van der Waals surface area (Å²) in [7, 11) is 1.09. The van der Waals surface area contributed by atoms with Crippen molar-refractivity contribution in [3.63, 3.8) is 0 Å². The van der Waals surface area contributed by atoms with Gasteiger partial charge in [0.1, 0.15) is 6.04 Å². The molecule has 0 aliphatic carbocycles. The number of carbonyl (C=O) groups excluding carboxylic acids is 2. The van der Waals surface area contributed by atoms with Crippen LogP contribution in [0.1, 0.15) is 36.6 Å². The van der Waals surface area contributed by atoms with Gasteiger partial charge in [-0.15, -0.1) is 5.10 Å². The molecule has 0 spiro atoms. The van der Waals surface area contributed by atoms with E-state index in [9.17, 15) is 28.4 Å². The van der Waals surface area contributed by atoms with Gasteiger partial charge in [0.15, 0.2) is 17.5 Å². The normalized spacial score (nSPS) is 14.8. The van der Waals surface area contributed by atoms with Crippen LogP contribution in [0.5, 0.6) is 0 Å². The molecule has 10 nitrogen and oxygen atoms in total. The number of aromatic amines is 1. The lowest BCUT2D eigenvalue weighted by Gasteiger charge is -2.36. The fraction of sp³-hybridized carbons (Fsp3) is 0.208. The Morgan fingerprint density at radius 2 is 1.89 bits per heavy atom. The third kappa shape index (κ3) is 4.02. The first kappa shape index (κ1) is 25.2. The molecular weight excluding hydrogens is 493 g/mol. The van der Waals surface area contributed by atoms with E-state index >= 15 is 4.39 Å². The number of rotatable bonds is 4. The van der Waals surface area contributed by atoms with Crippen molar-refractivity contribution in [1.82, 2.24) is 14.8 Å². The van der Waals surface area contributed by atoms with Crippen molar-refractivity contribution in [2.45, 2.75) is 26.8 Å². The average molecular weight is 512 g/mol. The van der Waals surface area contributed by atoms with E-state index in [1.165, 1.54) is 32.0 Å². The van der Waals surface area contributed by atoms with E-state index in [0.717, 1.165) is 23.5 Å². The van der Waals surface area contributed by atoms with Gasteiger partial charge < -0.3 is 10.1 Å². The number of aromatic nitrogens is 3. The fourth-order valence-electron chi connectivity index (χ4n) is 4.28. The number of anilines is 3. The van der Waals surface area contributed by atoms with Crippen molar-refractivity contribution in [1.29, 1.82) is 5.26 Å². The zero-order valence-electron chi connectivity index (χ0n) is 19.9. The van der Waals surface area contributed by atoms with Crippen LogP contribution in [0, 0.1) is 35.7 Å². The minimum Gasteiger partial charge on any atom is -0.466 e. The minimum absolute atomic E-state index is 0.00853. The summed E-state index contributed by atoms with van der Waals surface area (Å²) in [6, 6.07) is 5.47. The Hall–Kier alpha value is -4.86. The highest BCUT2D eigenvalue weighted by Crippen LogP contribution is 2.44. The SMILES string of the molecule is COC(=O)C1=C(C)N(c2cc(F)c(F)c(C)c2F)c2n[nH]c(=O)n2C1c1ccc(C#N)cc1NC(C)=O. The zero-order chi connectivity index (χ0) is 27.2. The highest BCUT2D eigenvalue weighted by atomic mass is 19.2. The van der Waals surface area contributed by atoms with Gasteiger partial charge >= 0.3 is 11.7 Å². The van der Waals surface area contributed by atoms with Gasteiger partial charge in [-0.2, -0.15) is 5.26 Å². The van der Waals surface area contributed by atoms with Gasteiger partial charge in [-0.1, -0.05) is 6.07 Å². The molecule has 0 bridgehead atoms. The van der Waals surface area contributed by atoms with E-state index in [1.54, 1.807) is 0 Å². The Kier molecular flexibility index (Phi) is 6.35. The summed E-state index contributed by atoms with van der Waals surface area (Å²) in [4.78, 5) is 39.0. The number of allylic oxidation sites excluding steroid dienone is 1. The summed E-state index contributed by atoms with van der Waals surface area (Å²) in [5.74, 6) is -5.55. The van der Waals surface area contributed by atoms with Gasteiger partial charge in [-0.3, -0.25) is 9.69 Å². The first-order chi connectivity index (χ1) is 17.5. The maximum absolute atomic E-state index is 15.2. The molecule has 1 aliphatic heterocycles. The summed E-state index contributed by atoms with van der Waals surface area (Å²) in [5.41, 5.74) is -1.64. The number of halogens is 3. The van der Waals surface area contributed by atoms with E-state index in [0.29, 0.717) is 6.07 Å².